The van der Waals surface area contributed by atoms with Gasteiger partial charge in [-0.2, -0.15) is 0 Å². The van der Waals surface area contributed by atoms with Gasteiger partial charge in [0.15, 0.2) is 5.76 Å². The van der Waals surface area contributed by atoms with Crippen LogP contribution in [-0.2, 0) is 19.4 Å². The highest BCUT2D eigenvalue weighted by Gasteiger charge is 2.12. The summed E-state index contributed by atoms with van der Waals surface area (Å²) in [6, 6.07) is 7.52. The van der Waals surface area contributed by atoms with Gasteiger partial charge in [0.05, 0.1) is 6.54 Å². The molecule has 0 unspecified atom stereocenters. The van der Waals surface area contributed by atoms with Crippen LogP contribution in [0.2, 0.25) is 0 Å². The van der Waals surface area contributed by atoms with Crippen molar-refractivity contribution in [2.24, 2.45) is 5.73 Å². The van der Waals surface area contributed by atoms with Crippen LogP contribution in [0.15, 0.2) is 28.7 Å². The van der Waals surface area contributed by atoms with Crippen molar-refractivity contribution in [3.63, 3.8) is 0 Å². The standard InChI is InChI=1S/C13H15NO2S/c1-2-10-4-5-11(17-10)7-12(15)13-6-3-9(8-14)16-13/h3-6H,2,7-8,14H2,1H3. The van der Waals surface area contributed by atoms with E-state index in [4.69, 9.17) is 10.2 Å². The molecule has 0 bridgehead atoms. The molecule has 0 saturated carbocycles. The second kappa shape index (κ2) is 5.29. The molecule has 0 saturated heterocycles. The summed E-state index contributed by atoms with van der Waals surface area (Å²) in [5.74, 6) is 1.06. The first kappa shape index (κ1) is 12.1. The Kier molecular flexibility index (Phi) is 3.76. The number of aryl methyl sites for hydroxylation is 1. The predicted molar refractivity (Wildman–Crippen MR) is 68.3 cm³/mol. The normalized spacial score (nSPS) is 10.7. The third-order valence-corrected chi connectivity index (χ3v) is 3.77. The van der Waals surface area contributed by atoms with Crippen LogP contribution in [0, 0.1) is 0 Å². The van der Waals surface area contributed by atoms with Gasteiger partial charge in [-0.1, -0.05) is 6.92 Å². The highest BCUT2D eigenvalue weighted by molar-refractivity contribution is 7.12. The summed E-state index contributed by atoms with van der Waals surface area (Å²) in [4.78, 5) is 14.3. The average Bonchev–Trinajstić information content (AvgIpc) is 2.96. The van der Waals surface area contributed by atoms with E-state index in [1.165, 1.54) is 4.88 Å². The Morgan fingerprint density at radius 3 is 2.65 bits per heavy atom. The number of thiophene rings is 1. The van der Waals surface area contributed by atoms with Crippen molar-refractivity contribution in [2.45, 2.75) is 26.3 Å². The molecule has 0 amide bonds. The number of hydrogen-bond acceptors (Lipinski definition) is 4. The van der Waals surface area contributed by atoms with Gasteiger partial charge in [-0.05, 0) is 30.7 Å². The fourth-order valence-electron chi connectivity index (χ4n) is 1.59. The van der Waals surface area contributed by atoms with E-state index in [-0.39, 0.29) is 5.78 Å². The zero-order chi connectivity index (χ0) is 12.3. The number of carbonyl (C=O) groups is 1. The van der Waals surface area contributed by atoms with E-state index in [1.54, 1.807) is 23.5 Å². The molecule has 0 aliphatic rings. The van der Waals surface area contributed by atoms with Gasteiger partial charge in [0.1, 0.15) is 5.76 Å². The minimum atomic E-state index is 0.00852. The minimum absolute atomic E-state index is 0.00852. The molecule has 0 atom stereocenters. The highest BCUT2D eigenvalue weighted by Crippen LogP contribution is 2.19. The maximum atomic E-state index is 11.9. The van der Waals surface area contributed by atoms with E-state index in [9.17, 15) is 4.79 Å². The maximum absolute atomic E-state index is 11.9. The molecule has 4 heteroatoms. The SMILES string of the molecule is CCc1ccc(CC(=O)c2ccc(CN)o2)s1. The Bertz CT molecular complexity index is 513. The Balaban J connectivity index is 2.05. The molecule has 2 heterocycles. The van der Waals surface area contributed by atoms with E-state index >= 15 is 0 Å². The summed E-state index contributed by atoms with van der Waals surface area (Å²) in [7, 11) is 0. The van der Waals surface area contributed by atoms with E-state index in [0.717, 1.165) is 11.3 Å². The van der Waals surface area contributed by atoms with Gasteiger partial charge in [-0.3, -0.25) is 4.79 Å². The summed E-state index contributed by atoms with van der Waals surface area (Å²) in [6.07, 6.45) is 1.42. The zero-order valence-electron chi connectivity index (χ0n) is 9.73. The lowest BCUT2D eigenvalue weighted by atomic mass is 10.2. The van der Waals surface area contributed by atoms with Crippen molar-refractivity contribution in [3.8, 4) is 0 Å². The largest absolute Gasteiger partial charge is 0.457 e. The van der Waals surface area contributed by atoms with Gasteiger partial charge in [0.2, 0.25) is 5.78 Å². The van der Waals surface area contributed by atoms with Crippen molar-refractivity contribution < 1.29 is 9.21 Å². The molecular weight excluding hydrogens is 234 g/mol. The fraction of sp³-hybridized carbons (Fsp3) is 0.308. The van der Waals surface area contributed by atoms with E-state index in [0.29, 0.717) is 24.5 Å². The molecule has 2 aromatic heterocycles. The average molecular weight is 249 g/mol. The molecule has 90 valence electrons. The maximum Gasteiger partial charge on any atom is 0.203 e. The third kappa shape index (κ3) is 2.84. The topological polar surface area (TPSA) is 56.2 Å². The van der Waals surface area contributed by atoms with Gasteiger partial charge < -0.3 is 10.2 Å². The lowest BCUT2D eigenvalue weighted by Gasteiger charge is -1.95. The lowest BCUT2D eigenvalue weighted by molar-refractivity contribution is 0.0965. The number of Topliss-reactive ketones (excluding diaryl/α,β-unsaturated/α-hetero) is 1. The number of carbonyl (C=O) groups excluding carboxylic acids is 1. The summed E-state index contributed by atoms with van der Waals surface area (Å²) in [5, 5.41) is 0. The first-order valence-corrected chi connectivity index (χ1v) is 6.44. The number of hydrogen-bond donors (Lipinski definition) is 1. The molecular formula is C13H15NO2S. The van der Waals surface area contributed by atoms with Crippen LogP contribution in [0.1, 0.15) is 33.0 Å². The number of rotatable bonds is 5. The summed E-state index contributed by atoms with van der Waals surface area (Å²) < 4.78 is 5.33. The van der Waals surface area contributed by atoms with Gasteiger partial charge in [0, 0.05) is 16.2 Å². The van der Waals surface area contributed by atoms with Gasteiger partial charge in [-0.25, -0.2) is 0 Å². The van der Waals surface area contributed by atoms with Gasteiger partial charge >= 0.3 is 0 Å². The summed E-state index contributed by atoms with van der Waals surface area (Å²) in [5.41, 5.74) is 5.43. The van der Waals surface area contributed by atoms with Crippen molar-refractivity contribution in [2.75, 3.05) is 0 Å². The monoisotopic (exact) mass is 249 g/mol. The Morgan fingerprint density at radius 1 is 1.29 bits per heavy atom. The Hall–Kier alpha value is -1.39. The third-order valence-electron chi connectivity index (χ3n) is 2.54. The predicted octanol–water partition coefficient (Wildman–Crippen LogP) is 2.79. The molecule has 2 N–H and O–H groups in total. The smallest absolute Gasteiger partial charge is 0.203 e. The summed E-state index contributed by atoms with van der Waals surface area (Å²) >= 11 is 1.68. The van der Waals surface area contributed by atoms with Crippen LogP contribution >= 0.6 is 11.3 Å². The van der Waals surface area contributed by atoms with Crippen molar-refractivity contribution in [1.82, 2.24) is 0 Å². The van der Waals surface area contributed by atoms with E-state index < -0.39 is 0 Å². The quantitative estimate of drug-likeness (QED) is 0.829. The van der Waals surface area contributed by atoms with Crippen LogP contribution < -0.4 is 5.73 Å². The molecule has 0 aliphatic carbocycles. The van der Waals surface area contributed by atoms with E-state index in [2.05, 4.69) is 13.0 Å². The number of nitrogens with two attached hydrogens (primary N) is 1. The first-order valence-electron chi connectivity index (χ1n) is 5.62. The lowest BCUT2D eigenvalue weighted by Crippen LogP contribution is -2.00. The first-order chi connectivity index (χ1) is 8.22. The van der Waals surface area contributed by atoms with Gasteiger partial charge in [-0.15, -0.1) is 11.3 Å². The number of ketones is 1. The molecule has 0 spiro atoms. The molecule has 0 aromatic carbocycles. The Morgan fingerprint density at radius 2 is 2.06 bits per heavy atom. The zero-order valence-corrected chi connectivity index (χ0v) is 10.5. The molecule has 0 fully saturated rings. The number of furan rings is 1. The van der Waals surface area contributed by atoms with Crippen LogP contribution in [0.25, 0.3) is 0 Å². The van der Waals surface area contributed by atoms with E-state index in [1.807, 2.05) is 6.07 Å². The van der Waals surface area contributed by atoms with Crippen molar-refractivity contribution in [1.29, 1.82) is 0 Å². The highest BCUT2D eigenvalue weighted by atomic mass is 32.1. The van der Waals surface area contributed by atoms with Gasteiger partial charge in [0.25, 0.3) is 0 Å². The van der Waals surface area contributed by atoms with Crippen molar-refractivity contribution >= 4 is 17.1 Å². The van der Waals surface area contributed by atoms with Crippen molar-refractivity contribution in [3.05, 3.63) is 45.5 Å². The molecule has 0 aliphatic heterocycles. The molecule has 3 nitrogen and oxygen atoms in total. The van der Waals surface area contributed by atoms with Crippen LogP contribution in [0.5, 0.6) is 0 Å². The Labute approximate surface area is 104 Å². The van der Waals surface area contributed by atoms with Crippen LogP contribution in [0.4, 0.5) is 0 Å². The fourth-order valence-corrected chi connectivity index (χ4v) is 2.55. The molecule has 2 aromatic rings. The molecule has 17 heavy (non-hydrogen) atoms. The minimum Gasteiger partial charge on any atom is -0.457 e. The van der Waals surface area contributed by atoms with Crippen LogP contribution in [-0.4, -0.2) is 5.78 Å². The van der Waals surface area contributed by atoms with Crippen LogP contribution in [0.3, 0.4) is 0 Å². The second-order valence-electron chi connectivity index (χ2n) is 3.79. The molecule has 0 radical (unpaired) electrons. The molecule has 2 rings (SSSR count). The second-order valence-corrected chi connectivity index (χ2v) is 5.04. The summed E-state index contributed by atoms with van der Waals surface area (Å²) in [6.45, 7) is 2.43.